The molecule has 1 amide bonds. The second-order valence-electron chi connectivity index (χ2n) is 4.47. The van der Waals surface area contributed by atoms with Gasteiger partial charge in [0.25, 0.3) is 0 Å². The number of ether oxygens (including phenoxy) is 1. The highest BCUT2D eigenvalue weighted by Gasteiger charge is 2.29. The maximum Gasteiger partial charge on any atom is 0.331 e. The lowest BCUT2D eigenvalue weighted by molar-refractivity contribution is -0.154. The van der Waals surface area contributed by atoms with E-state index in [1.165, 1.54) is 0 Å². The van der Waals surface area contributed by atoms with Crippen molar-refractivity contribution in [1.82, 2.24) is 5.32 Å². The van der Waals surface area contributed by atoms with Gasteiger partial charge in [-0.2, -0.15) is 0 Å². The Morgan fingerprint density at radius 3 is 2.40 bits per heavy atom. The summed E-state index contributed by atoms with van der Waals surface area (Å²) >= 11 is 1.58. The van der Waals surface area contributed by atoms with Crippen molar-refractivity contribution >= 4 is 24.1 Å². The normalized spacial score (nSPS) is 13.7. The fourth-order valence-corrected chi connectivity index (χ4v) is 2.07. The summed E-state index contributed by atoms with van der Waals surface area (Å²) in [4.78, 5) is 23.5. The maximum atomic E-state index is 11.9. The highest BCUT2D eigenvalue weighted by molar-refractivity contribution is 7.98. The minimum atomic E-state index is -1.15. The fraction of sp³-hybridized carbons (Fsp3) is 0.429. The van der Waals surface area contributed by atoms with Crippen molar-refractivity contribution < 1.29 is 19.4 Å². The van der Waals surface area contributed by atoms with E-state index in [0.29, 0.717) is 12.0 Å². The molecule has 0 saturated heterocycles. The quantitative estimate of drug-likeness (QED) is 0.453. The van der Waals surface area contributed by atoms with E-state index in [2.05, 4.69) is 5.32 Å². The van der Waals surface area contributed by atoms with Crippen LogP contribution in [0.2, 0.25) is 0 Å². The van der Waals surface area contributed by atoms with Gasteiger partial charge in [-0.25, -0.2) is 4.79 Å². The standard InChI is InChI=1S/C14H19NO4S/c1-9(2)19-14(18)12(15-8-16)13(17)10-4-6-11(20-3)7-5-10/h4-9,12-13,17H,1-3H3,(H,15,16)/t12-,13+/m0/s1. The first-order chi connectivity index (χ1) is 9.49. The van der Waals surface area contributed by atoms with E-state index in [-0.39, 0.29) is 6.10 Å². The number of carbonyl (C=O) groups is 2. The van der Waals surface area contributed by atoms with Gasteiger partial charge in [-0.3, -0.25) is 4.79 Å². The van der Waals surface area contributed by atoms with Gasteiger partial charge in [0.15, 0.2) is 6.04 Å². The van der Waals surface area contributed by atoms with Crippen molar-refractivity contribution in [2.45, 2.75) is 37.0 Å². The fourth-order valence-electron chi connectivity index (χ4n) is 1.66. The van der Waals surface area contributed by atoms with Crippen LogP contribution in [0.25, 0.3) is 0 Å². The summed E-state index contributed by atoms with van der Waals surface area (Å²) in [5, 5.41) is 12.5. The third kappa shape index (κ3) is 4.54. The first-order valence-electron chi connectivity index (χ1n) is 6.21. The summed E-state index contributed by atoms with van der Waals surface area (Å²) in [6.07, 6.45) is 0.861. The zero-order valence-corrected chi connectivity index (χ0v) is 12.5. The van der Waals surface area contributed by atoms with Crippen LogP contribution in [0.5, 0.6) is 0 Å². The molecule has 0 aliphatic rings. The van der Waals surface area contributed by atoms with E-state index in [9.17, 15) is 14.7 Å². The number of thioether (sulfide) groups is 1. The number of rotatable bonds is 7. The molecule has 0 aliphatic heterocycles. The molecule has 0 aliphatic carbocycles. The van der Waals surface area contributed by atoms with Crippen molar-refractivity contribution in [3.05, 3.63) is 29.8 Å². The van der Waals surface area contributed by atoms with Crippen LogP contribution in [-0.2, 0) is 14.3 Å². The lowest BCUT2D eigenvalue weighted by Crippen LogP contribution is -2.43. The predicted molar refractivity (Wildman–Crippen MR) is 77.4 cm³/mol. The minimum absolute atomic E-state index is 0.315. The highest BCUT2D eigenvalue weighted by atomic mass is 32.2. The average molecular weight is 297 g/mol. The number of carbonyl (C=O) groups excluding carboxylic acids is 2. The van der Waals surface area contributed by atoms with Crippen LogP contribution in [-0.4, -0.2) is 35.9 Å². The summed E-state index contributed by atoms with van der Waals surface area (Å²) < 4.78 is 5.03. The molecule has 5 nitrogen and oxygen atoms in total. The third-order valence-electron chi connectivity index (χ3n) is 2.63. The minimum Gasteiger partial charge on any atom is -0.461 e. The molecule has 1 aromatic carbocycles. The van der Waals surface area contributed by atoms with E-state index < -0.39 is 18.1 Å². The summed E-state index contributed by atoms with van der Waals surface area (Å²) in [6, 6.07) is 6.01. The second-order valence-corrected chi connectivity index (χ2v) is 5.35. The Hall–Kier alpha value is -1.53. The van der Waals surface area contributed by atoms with Crippen LogP contribution in [0.4, 0.5) is 0 Å². The van der Waals surface area contributed by atoms with Crippen molar-refractivity contribution in [3.63, 3.8) is 0 Å². The average Bonchev–Trinajstić information content (AvgIpc) is 2.43. The molecule has 20 heavy (non-hydrogen) atoms. The Morgan fingerprint density at radius 1 is 1.35 bits per heavy atom. The molecule has 0 heterocycles. The summed E-state index contributed by atoms with van der Waals surface area (Å²) in [6.45, 7) is 3.41. The molecule has 0 unspecified atom stereocenters. The number of nitrogens with one attached hydrogen (secondary N) is 1. The monoisotopic (exact) mass is 297 g/mol. The summed E-state index contributed by atoms with van der Waals surface area (Å²) in [5.74, 6) is -0.659. The Bertz CT molecular complexity index is 447. The van der Waals surface area contributed by atoms with E-state index in [1.807, 2.05) is 18.4 Å². The molecule has 1 rings (SSSR count). The topological polar surface area (TPSA) is 75.6 Å². The van der Waals surface area contributed by atoms with Crippen LogP contribution in [0.3, 0.4) is 0 Å². The molecule has 0 aromatic heterocycles. The van der Waals surface area contributed by atoms with Crippen LogP contribution in [0, 0.1) is 0 Å². The number of aliphatic hydroxyl groups excluding tert-OH is 1. The third-order valence-corrected chi connectivity index (χ3v) is 3.37. The lowest BCUT2D eigenvalue weighted by atomic mass is 10.0. The van der Waals surface area contributed by atoms with E-state index in [4.69, 9.17) is 4.74 Å². The van der Waals surface area contributed by atoms with Gasteiger partial charge in [0.05, 0.1) is 6.10 Å². The Morgan fingerprint density at radius 2 is 1.95 bits per heavy atom. The molecule has 110 valence electrons. The smallest absolute Gasteiger partial charge is 0.331 e. The lowest BCUT2D eigenvalue weighted by Gasteiger charge is -2.22. The molecule has 1 aromatic rings. The maximum absolute atomic E-state index is 11.9. The molecule has 2 atom stereocenters. The number of aliphatic hydroxyl groups is 1. The van der Waals surface area contributed by atoms with Gasteiger partial charge in [0, 0.05) is 4.90 Å². The van der Waals surface area contributed by atoms with Crippen LogP contribution >= 0.6 is 11.8 Å². The number of benzene rings is 1. The van der Waals surface area contributed by atoms with Gasteiger partial charge in [0.1, 0.15) is 6.10 Å². The van der Waals surface area contributed by atoms with Gasteiger partial charge in [-0.05, 0) is 37.8 Å². The Kier molecular flexibility index (Phi) is 6.54. The Balaban J connectivity index is 2.88. The molecule has 0 bridgehead atoms. The summed E-state index contributed by atoms with van der Waals surface area (Å²) in [7, 11) is 0. The van der Waals surface area contributed by atoms with E-state index in [1.54, 1.807) is 37.7 Å². The first-order valence-corrected chi connectivity index (χ1v) is 7.44. The predicted octanol–water partition coefficient (Wildman–Crippen LogP) is 1.51. The molecular formula is C14H19NO4S. The molecule has 0 spiro atoms. The number of hydrogen-bond donors (Lipinski definition) is 2. The molecule has 0 radical (unpaired) electrons. The van der Waals surface area contributed by atoms with Crippen LogP contribution in [0.1, 0.15) is 25.5 Å². The second kappa shape index (κ2) is 7.91. The first kappa shape index (κ1) is 16.5. The number of hydrogen-bond acceptors (Lipinski definition) is 5. The van der Waals surface area contributed by atoms with Crippen molar-refractivity contribution in [2.75, 3.05) is 6.26 Å². The Labute approximate surface area is 122 Å². The molecule has 2 N–H and O–H groups in total. The molecule has 0 saturated carbocycles. The highest BCUT2D eigenvalue weighted by Crippen LogP contribution is 2.22. The van der Waals surface area contributed by atoms with Crippen molar-refractivity contribution in [3.8, 4) is 0 Å². The van der Waals surface area contributed by atoms with Gasteiger partial charge in [-0.15, -0.1) is 11.8 Å². The molecule has 0 fully saturated rings. The van der Waals surface area contributed by atoms with Crippen molar-refractivity contribution in [2.24, 2.45) is 0 Å². The molecular weight excluding hydrogens is 278 g/mol. The molecule has 6 heteroatoms. The van der Waals surface area contributed by atoms with Crippen molar-refractivity contribution in [1.29, 1.82) is 0 Å². The van der Waals surface area contributed by atoms with Gasteiger partial charge in [0.2, 0.25) is 6.41 Å². The van der Waals surface area contributed by atoms with Gasteiger partial charge in [-0.1, -0.05) is 12.1 Å². The van der Waals surface area contributed by atoms with Crippen LogP contribution < -0.4 is 5.32 Å². The van der Waals surface area contributed by atoms with Gasteiger partial charge < -0.3 is 15.2 Å². The largest absolute Gasteiger partial charge is 0.461 e. The van der Waals surface area contributed by atoms with E-state index in [0.717, 1.165) is 4.90 Å². The zero-order valence-electron chi connectivity index (χ0n) is 11.7. The SMILES string of the molecule is CSc1ccc([C@@H](O)[C@H](NC=O)C(=O)OC(C)C)cc1. The summed E-state index contributed by atoms with van der Waals surface area (Å²) in [5.41, 5.74) is 0.544. The number of esters is 1. The number of amides is 1. The van der Waals surface area contributed by atoms with Crippen LogP contribution in [0.15, 0.2) is 29.2 Å². The van der Waals surface area contributed by atoms with Gasteiger partial charge >= 0.3 is 5.97 Å². The zero-order chi connectivity index (χ0) is 15.1. The van der Waals surface area contributed by atoms with E-state index >= 15 is 0 Å².